The molecule has 0 unspecified atom stereocenters. The van der Waals surface area contributed by atoms with Crippen LogP contribution in [0.3, 0.4) is 0 Å². The Kier molecular flexibility index (Phi) is 4.90. The number of carbonyl (C=O) groups is 1. The third kappa shape index (κ3) is 3.40. The lowest BCUT2D eigenvalue weighted by molar-refractivity contribution is 0.0695. The Labute approximate surface area is 185 Å². The van der Waals surface area contributed by atoms with Crippen LogP contribution in [0.25, 0.3) is 22.2 Å². The Balaban J connectivity index is 1.49. The van der Waals surface area contributed by atoms with Gasteiger partial charge in [0.05, 0.1) is 11.4 Å². The number of aromatic nitrogens is 3. The van der Waals surface area contributed by atoms with E-state index in [1.54, 1.807) is 0 Å². The highest BCUT2D eigenvalue weighted by molar-refractivity contribution is 5.89. The minimum atomic E-state index is -1.21. The molecule has 5 rings (SSSR count). The smallest absolute Gasteiger partial charge is 0.341 e. The van der Waals surface area contributed by atoms with Crippen molar-refractivity contribution in [3.63, 3.8) is 0 Å². The Morgan fingerprint density at radius 3 is 2.78 bits per heavy atom. The first-order valence-electron chi connectivity index (χ1n) is 10.7. The number of carboxylic acid groups (broad SMARTS) is 1. The van der Waals surface area contributed by atoms with Crippen LogP contribution in [0, 0.1) is 0 Å². The number of nitrogens with one attached hydrogen (secondary N) is 1. The molecule has 0 bridgehead atoms. The Hall–Kier alpha value is -3.71. The van der Waals surface area contributed by atoms with Crippen LogP contribution in [0.4, 0.5) is 0 Å². The first kappa shape index (κ1) is 20.2. The molecule has 0 radical (unpaired) electrons. The normalized spacial score (nSPS) is 13.6. The quantitative estimate of drug-likeness (QED) is 0.506. The van der Waals surface area contributed by atoms with Crippen LogP contribution in [0.5, 0.6) is 0 Å². The summed E-state index contributed by atoms with van der Waals surface area (Å²) in [6.45, 7) is 4.51. The van der Waals surface area contributed by atoms with Gasteiger partial charge in [-0.25, -0.2) is 4.79 Å². The summed E-state index contributed by atoms with van der Waals surface area (Å²) in [6, 6.07) is 13.9. The van der Waals surface area contributed by atoms with Gasteiger partial charge in [-0.15, -0.1) is 0 Å². The van der Waals surface area contributed by atoms with Crippen LogP contribution in [0.15, 0.2) is 53.5 Å². The standard InChI is InChI=1S/C25H24N4O3/c1-3-15-11-20(25(31)32)24(30)27-23(15)16-6-7-22-18(9-16)10-19(28(22)2)13-29-12-17-5-4-8-26-21(17)14-29/h4-11H,3,12-14H2,1-2H3,(H,27,30)(H,31,32). The minimum absolute atomic E-state index is 0.227. The predicted molar refractivity (Wildman–Crippen MR) is 123 cm³/mol. The number of carboxylic acids is 1. The Morgan fingerprint density at radius 2 is 2.03 bits per heavy atom. The fourth-order valence-corrected chi connectivity index (χ4v) is 4.59. The summed E-state index contributed by atoms with van der Waals surface area (Å²) in [4.78, 5) is 33.3. The Bertz CT molecular complexity index is 1390. The number of pyridine rings is 2. The van der Waals surface area contributed by atoms with Crippen LogP contribution in [0.2, 0.25) is 0 Å². The molecule has 1 aromatic carbocycles. The van der Waals surface area contributed by atoms with Crippen molar-refractivity contribution in [3.05, 3.63) is 87.1 Å². The van der Waals surface area contributed by atoms with Gasteiger partial charge in [0.15, 0.2) is 0 Å². The molecule has 1 aliphatic heterocycles. The van der Waals surface area contributed by atoms with Crippen LogP contribution >= 0.6 is 0 Å². The molecular weight excluding hydrogens is 404 g/mol. The molecular formula is C25H24N4O3. The van der Waals surface area contributed by atoms with E-state index in [2.05, 4.69) is 50.7 Å². The van der Waals surface area contributed by atoms with E-state index in [0.717, 1.165) is 47.4 Å². The lowest BCUT2D eigenvalue weighted by Crippen LogP contribution is -2.19. The van der Waals surface area contributed by atoms with Crippen LogP contribution in [-0.4, -0.2) is 30.5 Å². The maximum absolute atomic E-state index is 12.3. The third-order valence-corrected chi connectivity index (χ3v) is 6.30. The Morgan fingerprint density at radius 1 is 1.19 bits per heavy atom. The fourth-order valence-electron chi connectivity index (χ4n) is 4.59. The minimum Gasteiger partial charge on any atom is -0.477 e. The number of aryl methyl sites for hydroxylation is 2. The highest BCUT2D eigenvalue weighted by Gasteiger charge is 2.21. The molecule has 7 heteroatoms. The molecule has 0 saturated carbocycles. The number of aromatic carboxylic acids is 1. The number of aromatic amines is 1. The second kappa shape index (κ2) is 7.76. The molecule has 32 heavy (non-hydrogen) atoms. The zero-order valence-electron chi connectivity index (χ0n) is 18.1. The highest BCUT2D eigenvalue weighted by Crippen LogP contribution is 2.29. The van der Waals surface area contributed by atoms with E-state index < -0.39 is 11.5 Å². The van der Waals surface area contributed by atoms with E-state index in [1.165, 1.54) is 17.3 Å². The summed E-state index contributed by atoms with van der Waals surface area (Å²) in [6.07, 6.45) is 2.46. The first-order valence-corrected chi connectivity index (χ1v) is 10.7. The molecule has 162 valence electrons. The van der Waals surface area contributed by atoms with E-state index in [0.29, 0.717) is 12.1 Å². The molecule has 3 aromatic heterocycles. The van der Waals surface area contributed by atoms with Gasteiger partial charge >= 0.3 is 5.97 Å². The molecule has 0 spiro atoms. The zero-order valence-corrected chi connectivity index (χ0v) is 18.1. The molecule has 2 N–H and O–H groups in total. The summed E-state index contributed by atoms with van der Waals surface area (Å²) in [5.41, 5.74) is 6.30. The number of rotatable bonds is 5. The van der Waals surface area contributed by atoms with Gasteiger partial charge in [-0.2, -0.15) is 0 Å². The molecule has 7 nitrogen and oxygen atoms in total. The van der Waals surface area contributed by atoms with Gasteiger partial charge in [0.2, 0.25) is 0 Å². The van der Waals surface area contributed by atoms with E-state index in [4.69, 9.17) is 0 Å². The maximum Gasteiger partial charge on any atom is 0.341 e. The predicted octanol–water partition coefficient (Wildman–Crippen LogP) is 3.71. The second-order valence-corrected chi connectivity index (χ2v) is 8.29. The second-order valence-electron chi connectivity index (χ2n) is 8.29. The average Bonchev–Trinajstić information content (AvgIpc) is 3.33. The van der Waals surface area contributed by atoms with E-state index in [1.807, 2.05) is 25.3 Å². The van der Waals surface area contributed by atoms with Crippen molar-refractivity contribution in [2.45, 2.75) is 33.0 Å². The van der Waals surface area contributed by atoms with E-state index in [-0.39, 0.29) is 5.56 Å². The van der Waals surface area contributed by atoms with Crippen molar-refractivity contribution in [2.24, 2.45) is 7.05 Å². The SMILES string of the molecule is CCc1cc(C(=O)O)c(=O)[nH]c1-c1ccc2c(c1)cc(CN1Cc3cccnc3C1)n2C. The lowest BCUT2D eigenvalue weighted by Gasteiger charge is -2.15. The number of H-pyrrole nitrogens is 1. The van der Waals surface area contributed by atoms with Crippen molar-refractivity contribution in [3.8, 4) is 11.3 Å². The summed E-state index contributed by atoms with van der Waals surface area (Å²) < 4.78 is 2.20. The van der Waals surface area contributed by atoms with Gasteiger partial charge in [0, 0.05) is 49.5 Å². The fraction of sp³-hybridized carbons (Fsp3) is 0.240. The monoisotopic (exact) mass is 428 g/mol. The van der Waals surface area contributed by atoms with Gasteiger partial charge in [-0.3, -0.25) is 14.7 Å². The maximum atomic E-state index is 12.3. The highest BCUT2D eigenvalue weighted by atomic mass is 16.4. The summed E-state index contributed by atoms with van der Waals surface area (Å²) in [7, 11) is 2.07. The van der Waals surface area contributed by atoms with Gasteiger partial charge in [-0.1, -0.05) is 19.1 Å². The molecule has 0 fully saturated rings. The number of benzene rings is 1. The van der Waals surface area contributed by atoms with Crippen LogP contribution in [0.1, 0.15) is 39.8 Å². The molecule has 1 aliphatic rings. The van der Waals surface area contributed by atoms with Crippen molar-refractivity contribution >= 4 is 16.9 Å². The third-order valence-electron chi connectivity index (χ3n) is 6.30. The van der Waals surface area contributed by atoms with Gasteiger partial charge in [0.1, 0.15) is 5.56 Å². The summed E-state index contributed by atoms with van der Waals surface area (Å²) in [5, 5.41) is 10.3. The van der Waals surface area contributed by atoms with Gasteiger partial charge < -0.3 is 14.7 Å². The van der Waals surface area contributed by atoms with Gasteiger partial charge in [0.25, 0.3) is 5.56 Å². The number of hydrogen-bond acceptors (Lipinski definition) is 4. The average molecular weight is 428 g/mol. The van der Waals surface area contributed by atoms with Crippen molar-refractivity contribution in [1.29, 1.82) is 0 Å². The molecule has 0 amide bonds. The van der Waals surface area contributed by atoms with Crippen molar-refractivity contribution in [2.75, 3.05) is 0 Å². The van der Waals surface area contributed by atoms with E-state index >= 15 is 0 Å². The van der Waals surface area contributed by atoms with Crippen LogP contribution in [-0.2, 0) is 33.1 Å². The molecule has 0 saturated heterocycles. The summed E-state index contributed by atoms with van der Waals surface area (Å²) in [5.74, 6) is -1.21. The number of fused-ring (bicyclic) bond motifs is 2. The molecule has 0 atom stereocenters. The lowest BCUT2D eigenvalue weighted by atomic mass is 10.0. The summed E-state index contributed by atoms with van der Waals surface area (Å²) >= 11 is 0. The first-order chi connectivity index (χ1) is 15.4. The topological polar surface area (TPSA) is 91.2 Å². The van der Waals surface area contributed by atoms with Crippen LogP contribution < -0.4 is 5.56 Å². The zero-order chi connectivity index (χ0) is 22.4. The molecule has 4 aromatic rings. The van der Waals surface area contributed by atoms with Crippen molar-refractivity contribution in [1.82, 2.24) is 19.4 Å². The molecule has 0 aliphatic carbocycles. The number of nitrogens with zero attached hydrogens (tertiary/aromatic N) is 3. The molecule has 4 heterocycles. The number of hydrogen-bond donors (Lipinski definition) is 2. The largest absolute Gasteiger partial charge is 0.477 e. The van der Waals surface area contributed by atoms with E-state index in [9.17, 15) is 14.7 Å². The van der Waals surface area contributed by atoms with Gasteiger partial charge in [-0.05, 0) is 53.4 Å². The van der Waals surface area contributed by atoms with Crippen molar-refractivity contribution < 1.29 is 9.90 Å².